The van der Waals surface area contributed by atoms with E-state index in [1.165, 1.54) is 0 Å². The van der Waals surface area contributed by atoms with Crippen molar-refractivity contribution in [1.29, 1.82) is 0 Å². The summed E-state index contributed by atoms with van der Waals surface area (Å²) in [5.41, 5.74) is 2.34. The monoisotopic (exact) mass is 385 g/mol. The molecule has 0 spiro atoms. The molecule has 21 heavy (non-hydrogen) atoms. The second-order valence-corrected chi connectivity index (χ2v) is 6.27. The third-order valence-corrected chi connectivity index (χ3v) is 4.05. The van der Waals surface area contributed by atoms with E-state index in [0.29, 0.717) is 16.5 Å². The zero-order valence-electron chi connectivity index (χ0n) is 11.2. The number of amides is 1. The van der Waals surface area contributed by atoms with Gasteiger partial charge in [0.05, 0.1) is 10.6 Å². The SMILES string of the molecule is O=C(Nc1cccc(CCCCl)c1)c1cc(Br)ccc1Cl. The van der Waals surface area contributed by atoms with Gasteiger partial charge in [-0.05, 0) is 48.7 Å². The second-order valence-electron chi connectivity index (χ2n) is 4.57. The van der Waals surface area contributed by atoms with Gasteiger partial charge in [0.2, 0.25) is 0 Å². The van der Waals surface area contributed by atoms with Crippen LogP contribution in [0.3, 0.4) is 0 Å². The molecule has 0 atom stereocenters. The number of aryl methyl sites for hydroxylation is 1. The van der Waals surface area contributed by atoms with Crippen LogP contribution in [0, 0.1) is 0 Å². The highest BCUT2D eigenvalue weighted by atomic mass is 79.9. The van der Waals surface area contributed by atoms with Crippen molar-refractivity contribution in [2.75, 3.05) is 11.2 Å². The number of anilines is 1. The van der Waals surface area contributed by atoms with Gasteiger partial charge in [-0.3, -0.25) is 4.79 Å². The van der Waals surface area contributed by atoms with Gasteiger partial charge in [-0.2, -0.15) is 0 Å². The van der Waals surface area contributed by atoms with E-state index in [4.69, 9.17) is 23.2 Å². The van der Waals surface area contributed by atoms with Crippen LogP contribution in [0.1, 0.15) is 22.3 Å². The lowest BCUT2D eigenvalue weighted by atomic mass is 10.1. The molecule has 0 aliphatic carbocycles. The van der Waals surface area contributed by atoms with Gasteiger partial charge in [-0.25, -0.2) is 0 Å². The fraction of sp³-hybridized carbons (Fsp3) is 0.188. The maximum atomic E-state index is 12.3. The van der Waals surface area contributed by atoms with E-state index in [-0.39, 0.29) is 5.91 Å². The average Bonchev–Trinajstić information content (AvgIpc) is 2.48. The lowest BCUT2D eigenvalue weighted by molar-refractivity contribution is 0.102. The van der Waals surface area contributed by atoms with Crippen LogP contribution in [0.25, 0.3) is 0 Å². The molecule has 0 aromatic heterocycles. The first-order valence-electron chi connectivity index (χ1n) is 6.51. The number of nitrogens with one attached hydrogen (secondary N) is 1. The van der Waals surface area contributed by atoms with Gasteiger partial charge in [-0.1, -0.05) is 39.7 Å². The van der Waals surface area contributed by atoms with Crippen LogP contribution in [0.4, 0.5) is 5.69 Å². The standard InChI is InChI=1S/C16H14BrCl2NO/c17-12-6-7-15(19)14(10-12)16(21)20-13-5-1-3-11(9-13)4-2-8-18/h1,3,5-7,9-10H,2,4,8H2,(H,20,21). The summed E-state index contributed by atoms with van der Waals surface area (Å²) in [5.74, 6) is 0.403. The van der Waals surface area contributed by atoms with Gasteiger partial charge >= 0.3 is 0 Å². The highest BCUT2D eigenvalue weighted by molar-refractivity contribution is 9.10. The summed E-state index contributed by atoms with van der Waals surface area (Å²) >= 11 is 15.1. The molecule has 2 rings (SSSR count). The summed E-state index contributed by atoms with van der Waals surface area (Å²) in [5, 5.41) is 3.29. The molecule has 0 unspecified atom stereocenters. The minimum absolute atomic E-state index is 0.226. The van der Waals surface area contributed by atoms with Crippen LogP contribution >= 0.6 is 39.1 Å². The number of benzene rings is 2. The van der Waals surface area contributed by atoms with E-state index in [1.807, 2.05) is 24.3 Å². The van der Waals surface area contributed by atoms with E-state index in [1.54, 1.807) is 18.2 Å². The zero-order chi connectivity index (χ0) is 15.2. The molecule has 0 bridgehead atoms. The molecule has 5 heteroatoms. The van der Waals surface area contributed by atoms with Gasteiger partial charge < -0.3 is 5.32 Å². The predicted octanol–water partition coefficient (Wildman–Crippen LogP) is 5.53. The molecule has 0 aliphatic heterocycles. The number of halogens is 3. The van der Waals surface area contributed by atoms with E-state index >= 15 is 0 Å². The molecule has 110 valence electrons. The third kappa shape index (κ3) is 4.73. The van der Waals surface area contributed by atoms with Crippen LogP contribution < -0.4 is 5.32 Å². The maximum absolute atomic E-state index is 12.3. The number of carbonyl (C=O) groups is 1. The van der Waals surface area contributed by atoms with Crippen molar-refractivity contribution in [2.24, 2.45) is 0 Å². The average molecular weight is 387 g/mol. The Kier molecular flexibility index (Phi) is 6.09. The minimum Gasteiger partial charge on any atom is -0.322 e. The van der Waals surface area contributed by atoms with Gasteiger partial charge in [0, 0.05) is 16.0 Å². The van der Waals surface area contributed by atoms with Crippen LogP contribution in [0.2, 0.25) is 5.02 Å². The van der Waals surface area contributed by atoms with E-state index < -0.39 is 0 Å². The third-order valence-electron chi connectivity index (χ3n) is 2.96. The molecule has 2 nitrogen and oxygen atoms in total. The summed E-state index contributed by atoms with van der Waals surface area (Å²) in [7, 11) is 0. The Morgan fingerprint density at radius 3 is 2.76 bits per heavy atom. The van der Waals surface area contributed by atoms with E-state index in [9.17, 15) is 4.79 Å². The van der Waals surface area contributed by atoms with Crippen molar-refractivity contribution in [3.05, 3.63) is 63.1 Å². The molecule has 0 aliphatic rings. The Morgan fingerprint density at radius 1 is 1.19 bits per heavy atom. The van der Waals surface area contributed by atoms with Crippen molar-refractivity contribution in [2.45, 2.75) is 12.8 Å². The second kappa shape index (κ2) is 7.83. The van der Waals surface area contributed by atoms with Gasteiger partial charge in [0.15, 0.2) is 0 Å². The topological polar surface area (TPSA) is 29.1 Å². The Bertz CT molecular complexity index is 646. The Labute approximate surface area is 142 Å². The Morgan fingerprint density at radius 2 is 2.00 bits per heavy atom. The van der Waals surface area contributed by atoms with Crippen molar-refractivity contribution in [3.8, 4) is 0 Å². The fourth-order valence-corrected chi connectivity index (χ4v) is 2.64. The van der Waals surface area contributed by atoms with Gasteiger partial charge in [0.25, 0.3) is 5.91 Å². The molecule has 1 amide bonds. The Balaban J connectivity index is 2.14. The molecular weight excluding hydrogens is 373 g/mol. The molecule has 1 N–H and O–H groups in total. The Hall–Kier alpha value is -1.03. The van der Waals surface area contributed by atoms with Gasteiger partial charge in [-0.15, -0.1) is 11.6 Å². The quantitative estimate of drug-likeness (QED) is 0.672. The first-order valence-corrected chi connectivity index (χ1v) is 8.22. The lowest BCUT2D eigenvalue weighted by Crippen LogP contribution is -2.12. The largest absolute Gasteiger partial charge is 0.322 e. The molecule has 0 saturated carbocycles. The first kappa shape index (κ1) is 16.3. The highest BCUT2D eigenvalue weighted by Gasteiger charge is 2.11. The number of alkyl halides is 1. The summed E-state index contributed by atoms with van der Waals surface area (Å²) in [6.07, 6.45) is 1.81. The van der Waals surface area contributed by atoms with E-state index in [2.05, 4.69) is 21.2 Å². The number of hydrogen-bond acceptors (Lipinski definition) is 1. The van der Waals surface area contributed by atoms with Crippen LogP contribution in [-0.2, 0) is 6.42 Å². The summed E-state index contributed by atoms with van der Waals surface area (Å²) in [6.45, 7) is 0. The van der Waals surface area contributed by atoms with Crippen molar-refractivity contribution in [1.82, 2.24) is 0 Å². The summed E-state index contributed by atoms with van der Waals surface area (Å²) in [4.78, 5) is 12.3. The minimum atomic E-state index is -0.226. The van der Waals surface area contributed by atoms with Gasteiger partial charge in [0.1, 0.15) is 0 Å². The number of hydrogen-bond donors (Lipinski definition) is 1. The molecule has 2 aromatic carbocycles. The maximum Gasteiger partial charge on any atom is 0.257 e. The molecule has 0 heterocycles. The normalized spacial score (nSPS) is 10.4. The zero-order valence-corrected chi connectivity index (χ0v) is 14.3. The molecule has 2 aromatic rings. The summed E-state index contributed by atoms with van der Waals surface area (Å²) < 4.78 is 0.813. The van der Waals surface area contributed by atoms with Crippen molar-refractivity contribution >= 4 is 50.7 Å². The van der Waals surface area contributed by atoms with Crippen molar-refractivity contribution < 1.29 is 4.79 Å². The van der Waals surface area contributed by atoms with Crippen LogP contribution in [-0.4, -0.2) is 11.8 Å². The van der Waals surface area contributed by atoms with Crippen molar-refractivity contribution in [3.63, 3.8) is 0 Å². The van der Waals surface area contributed by atoms with Crippen LogP contribution in [0.5, 0.6) is 0 Å². The molecule has 0 fully saturated rings. The highest BCUT2D eigenvalue weighted by Crippen LogP contribution is 2.22. The smallest absolute Gasteiger partial charge is 0.257 e. The predicted molar refractivity (Wildman–Crippen MR) is 92.6 cm³/mol. The fourth-order valence-electron chi connectivity index (χ4n) is 1.95. The summed E-state index contributed by atoms with van der Waals surface area (Å²) in [6, 6.07) is 12.9. The van der Waals surface area contributed by atoms with E-state index in [0.717, 1.165) is 28.6 Å². The number of carbonyl (C=O) groups excluding carboxylic acids is 1. The molecule has 0 saturated heterocycles. The molecule has 0 radical (unpaired) electrons. The molecular formula is C16H14BrCl2NO. The first-order chi connectivity index (χ1) is 10.1. The number of rotatable bonds is 5. The lowest BCUT2D eigenvalue weighted by Gasteiger charge is -2.09. The van der Waals surface area contributed by atoms with Crippen LogP contribution in [0.15, 0.2) is 46.9 Å².